The molecule has 0 amide bonds. The van der Waals surface area contributed by atoms with Crippen LogP contribution in [0.4, 0.5) is 0 Å². The molecule has 0 aromatic heterocycles. The molecule has 3 atom stereocenters. The Hall–Kier alpha value is -1.55. The summed E-state index contributed by atoms with van der Waals surface area (Å²) >= 11 is 0. The zero-order chi connectivity index (χ0) is 18.7. The van der Waals surface area contributed by atoms with Crippen molar-refractivity contribution in [2.24, 2.45) is 5.92 Å². The number of aliphatic hydroxyl groups is 1. The standard InChI is InChI=1S/C23H31NO2.ClH/c1-23(2,3)24-21-14-17(15-22(21)25)13-16-5-7-18(8-6-16)19-9-11-20(26-4)12-10-19;/h5-12,17,21-22,24-25H,13-15H2,1-4H3;1H/t17-,21+,22+;/m0./s1. The summed E-state index contributed by atoms with van der Waals surface area (Å²) in [7, 11) is 1.69. The second kappa shape index (κ2) is 9.09. The number of aliphatic hydroxyl groups excluding tert-OH is 1. The Morgan fingerprint density at radius 2 is 1.52 bits per heavy atom. The Labute approximate surface area is 169 Å². The monoisotopic (exact) mass is 389 g/mol. The molecule has 148 valence electrons. The average Bonchev–Trinajstić information content (AvgIpc) is 2.93. The average molecular weight is 390 g/mol. The van der Waals surface area contributed by atoms with Crippen molar-refractivity contribution in [3.05, 3.63) is 54.1 Å². The van der Waals surface area contributed by atoms with Gasteiger partial charge in [-0.25, -0.2) is 0 Å². The summed E-state index contributed by atoms with van der Waals surface area (Å²) in [5, 5.41) is 13.9. The third-order valence-electron chi connectivity index (χ3n) is 5.15. The van der Waals surface area contributed by atoms with Crippen molar-refractivity contribution < 1.29 is 9.84 Å². The Morgan fingerprint density at radius 1 is 0.963 bits per heavy atom. The Bertz CT molecular complexity index is 707. The van der Waals surface area contributed by atoms with E-state index >= 15 is 0 Å². The van der Waals surface area contributed by atoms with Crippen molar-refractivity contribution in [3.8, 4) is 16.9 Å². The summed E-state index contributed by atoms with van der Waals surface area (Å²) in [5.41, 5.74) is 3.80. The molecule has 3 nitrogen and oxygen atoms in total. The SMILES string of the molecule is COc1ccc(-c2ccc(C[C@@H]3C[C@@H](O)[C@H](NC(C)(C)C)C3)cc2)cc1.Cl. The van der Waals surface area contributed by atoms with E-state index in [9.17, 15) is 5.11 Å². The topological polar surface area (TPSA) is 41.5 Å². The van der Waals surface area contributed by atoms with Gasteiger partial charge in [-0.2, -0.15) is 0 Å². The van der Waals surface area contributed by atoms with Gasteiger partial charge in [-0.15, -0.1) is 12.4 Å². The van der Waals surface area contributed by atoms with Gasteiger partial charge in [-0.1, -0.05) is 36.4 Å². The second-order valence-corrected chi connectivity index (χ2v) is 8.54. The Kier molecular flexibility index (Phi) is 7.32. The molecule has 0 radical (unpaired) electrons. The van der Waals surface area contributed by atoms with E-state index in [0.717, 1.165) is 25.0 Å². The van der Waals surface area contributed by atoms with E-state index in [0.29, 0.717) is 5.92 Å². The molecule has 2 aromatic carbocycles. The molecule has 4 heteroatoms. The molecular formula is C23H32ClNO2. The van der Waals surface area contributed by atoms with Gasteiger partial charge in [0.2, 0.25) is 0 Å². The lowest BCUT2D eigenvalue weighted by atomic mass is 9.95. The predicted molar refractivity (Wildman–Crippen MR) is 115 cm³/mol. The maximum absolute atomic E-state index is 10.4. The van der Waals surface area contributed by atoms with Crippen molar-refractivity contribution in [3.63, 3.8) is 0 Å². The summed E-state index contributed by atoms with van der Waals surface area (Å²) in [6.45, 7) is 6.47. The number of hydrogen-bond acceptors (Lipinski definition) is 3. The van der Waals surface area contributed by atoms with Gasteiger partial charge in [-0.05, 0) is 74.8 Å². The van der Waals surface area contributed by atoms with E-state index in [1.54, 1.807) is 7.11 Å². The summed E-state index contributed by atoms with van der Waals surface area (Å²) in [6, 6.07) is 17.2. The third-order valence-corrected chi connectivity index (χ3v) is 5.15. The highest BCUT2D eigenvalue weighted by Gasteiger charge is 2.34. The zero-order valence-corrected chi connectivity index (χ0v) is 17.6. The van der Waals surface area contributed by atoms with Gasteiger partial charge in [0.05, 0.1) is 13.2 Å². The van der Waals surface area contributed by atoms with E-state index in [4.69, 9.17) is 4.74 Å². The molecule has 1 saturated carbocycles. The Balaban J connectivity index is 0.00000261. The summed E-state index contributed by atoms with van der Waals surface area (Å²) < 4.78 is 5.22. The number of rotatable bonds is 5. The lowest BCUT2D eigenvalue weighted by Gasteiger charge is -2.27. The van der Waals surface area contributed by atoms with Crippen LogP contribution in [0.1, 0.15) is 39.2 Å². The fourth-order valence-electron chi connectivity index (χ4n) is 3.95. The van der Waals surface area contributed by atoms with E-state index in [-0.39, 0.29) is 30.1 Å². The van der Waals surface area contributed by atoms with Crippen molar-refractivity contribution in [2.75, 3.05) is 7.11 Å². The summed E-state index contributed by atoms with van der Waals surface area (Å²) in [6.07, 6.45) is 2.72. The molecule has 2 N–H and O–H groups in total. The quantitative estimate of drug-likeness (QED) is 0.767. The Morgan fingerprint density at radius 3 is 2.04 bits per heavy atom. The van der Waals surface area contributed by atoms with Crippen LogP contribution in [0.2, 0.25) is 0 Å². The maximum Gasteiger partial charge on any atom is 0.118 e. The lowest BCUT2D eigenvalue weighted by Crippen LogP contribution is -2.47. The molecule has 27 heavy (non-hydrogen) atoms. The molecule has 0 bridgehead atoms. The number of hydrogen-bond donors (Lipinski definition) is 2. The van der Waals surface area contributed by atoms with Gasteiger partial charge < -0.3 is 15.2 Å². The van der Waals surface area contributed by atoms with Crippen LogP contribution < -0.4 is 10.1 Å². The van der Waals surface area contributed by atoms with Gasteiger partial charge in [-0.3, -0.25) is 0 Å². The fourth-order valence-corrected chi connectivity index (χ4v) is 3.95. The maximum atomic E-state index is 10.4. The van der Waals surface area contributed by atoms with Gasteiger partial charge >= 0.3 is 0 Å². The van der Waals surface area contributed by atoms with Crippen LogP contribution in [0.25, 0.3) is 11.1 Å². The van der Waals surface area contributed by atoms with E-state index < -0.39 is 0 Å². The number of nitrogens with one attached hydrogen (secondary N) is 1. The third kappa shape index (κ3) is 5.97. The highest BCUT2D eigenvalue weighted by Crippen LogP contribution is 2.31. The second-order valence-electron chi connectivity index (χ2n) is 8.54. The number of halogens is 1. The minimum absolute atomic E-state index is 0. The highest BCUT2D eigenvalue weighted by atomic mass is 35.5. The van der Waals surface area contributed by atoms with Gasteiger partial charge in [0.15, 0.2) is 0 Å². The highest BCUT2D eigenvalue weighted by molar-refractivity contribution is 5.85. The molecule has 0 spiro atoms. The zero-order valence-electron chi connectivity index (χ0n) is 16.7. The van der Waals surface area contributed by atoms with Crippen LogP contribution in [0.5, 0.6) is 5.75 Å². The molecule has 3 rings (SSSR count). The fraction of sp³-hybridized carbons (Fsp3) is 0.478. The first kappa shape index (κ1) is 21.7. The van der Waals surface area contributed by atoms with Crippen LogP contribution in [-0.4, -0.2) is 29.9 Å². The normalized spacial score (nSPS) is 22.3. The van der Waals surface area contributed by atoms with Crippen molar-refractivity contribution in [1.82, 2.24) is 5.32 Å². The lowest BCUT2D eigenvalue weighted by molar-refractivity contribution is 0.133. The summed E-state index contributed by atoms with van der Waals surface area (Å²) in [5.74, 6) is 1.42. The molecule has 2 aromatic rings. The van der Waals surface area contributed by atoms with Crippen LogP contribution >= 0.6 is 12.4 Å². The van der Waals surface area contributed by atoms with Crippen molar-refractivity contribution >= 4 is 12.4 Å². The number of methoxy groups -OCH3 is 1. The van der Waals surface area contributed by atoms with Gasteiger partial charge in [0, 0.05) is 11.6 Å². The first-order valence-electron chi connectivity index (χ1n) is 9.53. The molecule has 0 saturated heterocycles. The van der Waals surface area contributed by atoms with Crippen LogP contribution in [0.3, 0.4) is 0 Å². The number of benzene rings is 2. The van der Waals surface area contributed by atoms with Crippen LogP contribution in [-0.2, 0) is 6.42 Å². The molecule has 1 fully saturated rings. The van der Waals surface area contributed by atoms with Crippen LogP contribution in [0.15, 0.2) is 48.5 Å². The van der Waals surface area contributed by atoms with Gasteiger partial charge in [0.1, 0.15) is 5.75 Å². The predicted octanol–water partition coefficient (Wildman–Crippen LogP) is 4.85. The summed E-state index contributed by atoms with van der Waals surface area (Å²) in [4.78, 5) is 0. The molecule has 1 aliphatic carbocycles. The molecule has 1 aliphatic rings. The number of ether oxygens (including phenoxy) is 1. The van der Waals surface area contributed by atoms with Crippen LogP contribution in [0, 0.1) is 5.92 Å². The van der Waals surface area contributed by atoms with Gasteiger partial charge in [0.25, 0.3) is 0 Å². The van der Waals surface area contributed by atoms with Crippen molar-refractivity contribution in [2.45, 2.75) is 57.7 Å². The molecular weight excluding hydrogens is 358 g/mol. The smallest absolute Gasteiger partial charge is 0.118 e. The van der Waals surface area contributed by atoms with Crippen molar-refractivity contribution in [1.29, 1.82) is 0 Å². The minimum atomic E-state index is -0.238. The van der Waals surface area contributed by atoms with E-state index in [1.807, 2.05) is 12.1 Å². The molecule has 0 heterocycles. The first-order valence-corrected chi connectivity index (χ1v) is 9.53. The largest absolute Gasteiger partial charge is 0.497 e. The minimum Gasteiger partial charge on any atom is -0.497 e. The van der Waals surface area contributed by atoms with E-state index in [1.165, 1.54) is 16.7 Å². The molecule has 0 aliphatic heterocycles. The first-order chi connectivity index (χ1) is 12.3. The van der Waals surface area contributed by atoms with E-state index in [2.05, 4.69) is 62.5 Å². The molecule has 0 unspecified atom stereocenters.